The monoisotopic (exact) mass is 351 g/mol. The number of phenolic OH excluding ortho intramolecular Hbond substituents is 1. The SMILES string of the molecule is Cc1cc(Br)ccc1NC(=O)CSc1ccc(O)cc1. The summed E-state index contributed by atoms with van der Waals surface area (Å²) in [6.45, 7) is 1.95. The summed E-state index contributed by atoms with van der Waals surface area (Å²) >= 11 is 4.83. The summed E-state index contributed by atoms with van der Waals surface area (Å²) in [5.74, 6) is 0.512. The van der Waals surface area contributed by atoms with Gasteiger partial charge in [-0.25, -0.2) is 0 Å². The Bertz CT molecular complexity index is 614. The maximum atomic E-state index is 11.9. The number of benzene rings is 2. The molecular weight excluding hydrogens is 338 g/mol. The normalized spacial score (nSPS) is 10.3. The third-order valence-electron chi connectivity index (χ3n) is 2.67. The number of hydrogen-bond donors (Lipinski definition) is 2. The number of hydrogen-bond acceptors (Lipinski definition) is 3. The third-order valence-corrected chi connectivity index (χ3v) is 4.17. The second-order valence-corrected chi connectivity index (χ2v) is 6.25. The Hall–Kier alpha value is -1.46. The highest BCUT2D eigenvalue weighted by atomic mass is 79.9. The summed E-state index contributed by atoms with van der Waals surface area (Å²) in [5, 5.41) is 12.1. The molecule has 5 heteroatoms. The zero-order valence-electron chi connectivity index (χ0n) is 10.9. The predicted molar refractivity (Wildman–Crippen MR) is 86.3 cm³/mol. The molecule has 0 radical (unpaired) electrons. The van der Waals surface area contributed by atoms with E-state index < -0.39 is 0 Å². The molecule has 0 heterocycles. The molecule has 0 bridgehead atoms. The van der Waals surface area contributed by atoms with Gasteiger partial charge in [-0.2, -0.15) is 0 Å². The minimum atomic E-state index is -0.0477. The molecule has 0 atom stereocenters. The minimum absolute atomic E-state index is 0.0477. The van der Waals surface area contributed by atoms with Crippen LogP contribution in [-0.4, -0.2) is 16.8 Å². The number of amides is 1. The number of halogens is 1. The molecule has 0 spiro atoms. The number of rotatable bonds is 4. The van der Waals surface area contributed by atoms with Crippen molar-refractivity contribution in [3.05, 3.63) is 52.5 Å². The minimum Gasteiger partial charge on any atom is -0.508 e. The van der Waals surface area contributed by atoms with Crippen LogP contribution in [0.1, 0.15) is 5.56 Å². The van der Waals surface area contributed by atoms with E-state index in [1.807, 2.05) is 25.1 Å². The van der Waals surface area contributed by atoms with Crippen molar-refractivity contribution in [3.8, 4) is 5.75 Å². The van der Waals surface area contributed by atoms with E-state index in [1.54, 1.807) is 24.3 Å². The zero-order valence-corrected chi connectivity index (χ0v) is 13.3. The van der Waals surface area contributed by atoms with Gasteiger partial charge in [-0.3, -0.25) is 4.79 Å². The molecule has 2 N–H and O–H groups in total. The molecule has 0 saturated heterocycles. The maximum Gasteiger partial charge on any atom is 0.234 e. The van der Waals surface area contributed by atoms with E-state index in [4.69, 9.17) is 0 Å². The molecule has 20 heavy (non-hydrogen) atoms. The molecule has 0 aliphatic rings. The molecule has 2 aromatic rings. The lowest BCUT2D eigenvalue weighted by Gasteiger charge is -2.08. The van der Waals surface area contributed by atoms with Gasteiger partial charge in [0.2, 0.25) is 5.91 Å². The van der Waals surface area contributed by atoms with Crippen molar-refractivity contribution in [2.45, 2.75) is 11.8 Å². The van der Waals surface area contributed by atoms with E-state index in [0.29, 0.717) is 5.75 Å². The molecule has 0 aliphatic heterocycles. The van der Waals surface area contributed by atoms with Crippen LogP contribution in [0.15, 0.2) is 51.8 Å². The zero-order chi connectivity index (χ0) is 14.5. The van der Waals surface area contributed by atoms with Crippen molar-refractivity contribution in [2.24, 2.45) is 0 Å². The fourth-order valence-corrected chi connectivity index (χ4v) is 2.82. The average Bonchev–Trinajstić information content (AvgIpc) is 2.41. The average molecular weight is 352 g/mol. The van der Waals surface area contributed by atoms with Gasteiger partial charge in [-0.1, -0.05) is 15.9 Å². The standard InChI is InChI=1S/C15H14BrNO2S/c1-10-8-11(16)2-7-14(10)17-15(19)9-20-13-5-3-12(18)4-6-13/h2-8,18H,9H2,1H3,(H,17,19). The first kappa shape index (κ1) is 14.9. The van der Waals surface area contributed by atoms with Gasteiger partial charge in [-0.05, 0) is 55.0 Å². The predicted octanol–water partition coefficient (Wildman–Crippen LogP) is 4.19. The molecule has 2 aromatic carbocycles. The fourth-order valence-electron chi connectivity index (χ4n) is 1.64. The molecule has 2 rings (SSSR count). The first-order valence-electron chi connectivity index (χ1n) is 6.02. The number of aryl methyl sites for hydroxylation is 1. The molecular formula is C15H14BrNO2S. The highest BCUT2D eigenvalue weighted by molar-refractivity contribution is 9.10. The first-order valence-corrected chi connectivity index (χ1v) is 7.80. The van der Waals surface area contributed by atoms with Crippen LogP contribution < -0.4 is 5.32 Å². The molecule has 0 saturated carbocycles. The Kier molecular flexibility index (Phi) is 5.09. The van der Waals surface area contributed by atoms with E-state index in [1.165, 1.54) is 11.8 Å². The highest BCUT2D eigenvalue weighted by Gasteiger charge is 2.06. The van der Waals surface area contributed by atoms with Gasteiger partial charge in [0.15, 0.2) is 0 Å². The molecule has 0 aromatic heterocycles. The summed E-state index contributed by atoms with van der Waals surface area (Å²) in [4.78, 5) is 12.8. The van der Waals surface area contributed by atoms with Crippen molar-refractivity contribution in [1.82, 2.24) is 0 Å². The van der Waals surface area contributed by atoms with Crippen LogP contribution in [0.4, 0.5) is 5.69 Å². The molecule has 1 amide bonds. The van der Waals surface area contributed by atoms with Gasteiger partial charge in [0, 0.05) is 15.1 Å². The van der Waals surface area contributed by atoms with Crippen molar-refractivity contribution in [1.29, 1.82) is 0 Å². The number of carbonyl (C=O) groups excluding carboxylic acids is 1. The second kappa shape index (κ2) is 6.81. The van der Waals surface area contributed by atoms with Crippen molar-refractivity contribution in [3.63, 3.8) is 0 Å². The second-order valence-electron chi connectivity index (χ2n) is 4.29. The van der Waals surface area contributed by atoms with Crippen LogP contribution in [0.2, 0.25) is 0 Å². The summed E-state index contributed by atoms with van der Waals surface area (Å²) in [7, 11) is 0. The smallest absolute Gasteiger partial charge is 0.234 e. The van der Waals surface area contributed by atoms with E-state index in [0.717, 1.165) is 20.6 Å². The summed E-state index contributed by atoms with van der Waals surface area (Å²) < 4.78 is 0.992. The summed E-state index contributed by atoms with van der Waals surface area (Å²) in [6.07, 6.45) is 0. The molecule has 0 unspecified atom stereocenters. The number of anilines is 1. The van der Waals surface area contributed by atoms with Crippen LogP contribution >= 0.6 is 27.7 Å². The Morgan fingerprint density at radius 2 is 1.95 bits per heavy atom. The van der Waals surface area contributed by atoms with Gasteiger partial charge < -0.3 is 10.4 Å². The fraction of sp³-hybridized carbons (Fsp3) is 0.133. The van der Waals surface area contributed by atoms with E-state index >= 15 is 0 Å². The topological polar surface area (TPSA) is 49.3 Å². The quantitative estimate of drug-likeness (QED) is 0.811. The Morgan fingerprint density at radius 1 is 1.25 bits per heavy atom. The highest BCUT2D eigenvalue weighted by Crippen LogP contribution is 2.22. The van der Waals surface area contributed by atoms with Crippen molar-refractivity contribution < 1.29 is 9.90 Å². The van der Waals surface area contributed by atoms with Crippen molar-refractivity contribution in [2.75, 3.05) is 11.1 Å². The Balaban J connectivity index is 1.90. The number of phenols is 1. The number of nitrogens with one attached hydrogen (secondary N) is 1. The van der Waals surface area contributed by atoms with E-state index in [-0.39, 0.29) is 11.7 Å². The van der Waals surface area contributed by atoms with Gasteiger partial charge >= 0.3 is 0 Å². The lowest BCUT2D eigenvalue weighted by molar-refractivity contribution is -0.113. The lowest BCUT2D eigenvalue weighted by atomic mass is 10.2. The summed E-state index contributed by atoms with van der Waals surface area (Å²) in [6, 6.07) is 12.5. The molecule has 3 nitrogen and oxygen atoms in total. The molecule has 0 fully saturated rings. The Labute approximate surface area is 130 Å². The summed E-state index contributed by atoms with van der Waals surface area (Å²) in [5.41, 5.74) is 1.84. The molecule has 0 aliphatic carbocycles. The van der Waals surface area contributed by atoms with Crippen molar-refractivity contribution >= 4 is 39.3 Å². The van der Waals surface area contributed by atoms with Gasteiger partial charge in [-0.15, -0.1) is 11.8 Å². The number of carbonyl (C=O) groups is 1. The number of aromatic hydroxyl groups is 1. The Morgan fingerprint density at radius 3 is 2.60 bits per heavy atom. The molecule has 104 valence electrons. The first-order chi connectivity index (χ1) is 9.54. The van der Waals surface area contributed by atoms with Crippen LogP contribution in [0.5, 0.6) is 5.75 Å². The maximum absolute atomic E-state index is 11.9. The van der Waals surface area contributed by atoms with E-state index in [2.05, 4.69) is 21.2 Å². The lowest BCUT2D eigenvalue weighted by Crippen LogP contribution is -2.14. The van der Waals surface area contributed by atoms with Crippen LogP contribution in [0, 0.1) is 6.92 Å². The number of thioether (sulfide) groups is 1. The van der Waals surface area contributed by atoms with Gasteiger partial charge in [0.25, 0.3) is 0 Å². The largest absolute Gasteiger partial charge is 0.508 e. The van der Waals surface area contributed by atoms with Crippen LogP contribution in [-0.2, 0) is 4.79 Å². The van der Waals surface area contributed by atoms with Crippen LogP contribution in [0.3, 0.4) is 0 Å². The third kappa shape index (κ3) is 4.28. The van der Waals surface area contributed by atoms with Gasteiger partial charge in [0.1, 0.15) is 5.75 Å². The van der Waals surface area contributed by atoms with Gasteiger partial charge in [0.05, 0.1) is 5.75 Å². The van der Waals surface area contributed by atoms with E-state index in [9.17, 15) is 9.90 Å². The van der Waals surface area contributed by atoms with Crippen LogP contribution in [0.25, 0.3) is 0 Å².